The topological polar surface area (TPSA) is 148 Å². The molecule has 2 amide bonds. The van der Waals surface area contributed by atoms with Crippen LogP contribution in [-0.2, 0) is 19.2 Å². The summed E-state index contributed by atoms with van der Waals surface area (Å²) >= 11 is 0. The summed E-state index contributed by atoms with van der Waals surface area (Å²) in [7, 11) is 0. The maximum Gasteiger partial charge on any atom is 0.258 e. The molecule has 1 aromatic rings. The van der Waals surface area contributed by atoms with Gasteiger partial charge in [0.2, 0.25) is 5.91 Å². The number of rotatable bonds is 12. The standard InChI is InChI=1S/C29H45N3O6/c1-16(2)12-20(30)26(35)25-22(33)13-21(32-24(34)15-38-23-11-9-8-10-19(23)7)27(36)29(25,18(5)6)28(37)31-14-17(3)4/h8-11,16-18,20-21,25-26,35H,12-15,30H2,1-7H3,(H,31,37)(H,32,34)/t20-,21?,25?,26+,29-/m0/s1. The molecule has 1 aromatic carbocycles. The van der Waals surface area contributed by atoms with Crippen molar-refractivity contribution in [2.24, 2.45) is 34.8 Å². The van der Waals surface area contributed by atoms with Gasteiger partial charge in [0.25, 0.3) is 5.91 Å². The summed E-state index contributed by atoms with van der Waals surface area (Å²) < 4.78 is 5.60. The predicted octanol–water partition coefficient (Wildman–Crippen LogP) is 2.17. The Morgan fingerprint density at radius 2 is 1.74 bits per heavy atom. The van der Waals surface area contributed by atoms with E-state index in [1.807, 2.05) is 46.8 Å². The number of para-hydroxylation sites is 1. The van der Waals surface area contributed by atoms with Crippen LogP contribution in [0.15, 0.2) is 24.3 Å². The summed E-state index contributed by atoms with van der Waals surface area (Å²) in [6.45, 7) is 12.8. The van der Waals surface area contributed by atoms with Crippen LogP contribution in [-0.4, -0.2) is 59.8 Å². The molecule has 0 radical (unpaired) electrons. The maximum atomic E-state index is 14.1. The number of hydrogen-bond donors (Lipinski definition) is 4. The van der Waals surface area contributed by atoms with Gasteiger partial charge in [-0.25, -0.2) is 0 Å². The van der Waals surface area contributed by atoms with Crippen molar-refractivity contribution < 1.29 is 29.0 Å². The molecule has 1 aliphatic carbocycles. The van der Waals surface area contributed by atoms with E-state index in [-0.39, 0.29) is 31.4 Å². The van der Waals surface area contributed by atoms with Crippen molar-refractivity contribution >= 4 is 23.4 Å². The fraction of sp³-hybridized carbons (Fsp3) is 0.655. The van der Waals surface area contributed by atoms with Gasteiger partial charge in [0.15, 0.2) is 12.4 Å². The molecule has 0 saturated heterocycles. The van der Waals surface area contributed by atoms with Crippen LogP contribution in [0.1, 0.15) is 59.9 Å². The van der Waals surface area contributed by atoms with Crippen molar-refractivity contribution in [2.45, 2.75) is 79.5 Å². The number of nitrogens with two attached hydrogens (primary N) is 1. The van der Waals surface area contributed by atoms with Crippen LogP contribution in [0.25, 0.3) is 0 Å². The third-order valence-corrected chi connectivity index (χ3v) is 7.24. The molecule has 5 atom stereocenters. The van der Waals surface area contributed by atoms with E-state index < -0.39 is 58.8 Å². The lowest BCUT2D eigenvalue weighted by molar-refractivity contribution is -0.168. The fourth-order valence-electron chi connectivity index (χ4n) is 5.32. The Hall–Kier alpha value is -2.78. The van der Waals surface area contributed by atoms with Crippen molar-refractivity contribution in [1.29, 1.82) is 0 Å². The van der Waals surface area contributed by atoms with Gasteiger partial charge in [-0.2, -0.15) is 0 Å². The zero-order valence-corrected chi connectivity index (χ0v) is 23.7. The Kier molecular flexibility index (Phi) is 11.0. The van der Waals surface area contributed by atoms with Crippen molar-refractivity contribution in [3.05, 3.63) is 29.8 Å². The third-order valence-electron chi connectivity index (χ3n) is 7.24. The lowest BCUT2D eigenvalue weighted by atomic mass is 9.55. The maximum absolute atomic E-state index is 14.1. The molecule has 1 fully saturated rings. The minimum Gasteiger partial charge on any atom is -0.484 e. The third kappa shape index (κ3) is 6.99. The zero-order chi connectivity index (χ0) is 28.8. The molecule has 9 heteroatoms. The minimum absolute atomic E-state index is 0.0956. The summed E-state index contributed by atoms with van der Waals surface area (Å²) in [5, 5.41) is 16.7. The van der Waals surface area contributed by atoms with Gasteiger partial charge < -0.3 is 26.2 Å². The van der Waals surface area contributed by atoms with E-state index >= 15 is 0 Å². The number of aliphatic hydroxyl groups excluding tert-OH is 1. The van der Waals surface area contributed by atoms with Gasteiger partial charge in [0.1, 0.15) is 16.9 Å². The Labute approximate surface area is 226 Å². The molecule has 2 unspecified atom stereocenters. The zero-order valence-electron chi connectivity index (χ0n) is 23.7. The first-order chi connectivity index (χ1) is 17.7. The molecule has 212 valence electrons. The lowest BCUT2D eigenvalue weighted by Crippen LogP contribution is -2.69. The summed E-state index contributed by atoms with van der Waals surface area (Å²) in [5.74, 6) is -3.51. The highest BCUT2D eigenvalue weighted by molar-refractivity contribution is 6.16. The Bertz CT molecular complexity index is 1010. The molecule has 0 aromatic heterocycles. The smallest absolute Gasteiger partial charge is 0.258 e. The van der Waals surface area contributed by atoms with Gasteiger partial charge >= 0.3 is 0 Å². The number of amides is 2. The van der Waals surface area contributed by atoms with Crippen LogP contribution in [0, 0.1) is 36.0 Å². The van der Waals surface area contributed by atoms with Gasteiger partial charge in [-0.15, -0.1) is 0 Å². The number of Topliss-reactive ketones (excluding diaryl/α,β-unsaturated/α-hetero) is 2. The molecule has 2 rings (SSSR count). The highest BCUT2D eigenvalue weighted by Crippen LogP contribution is 2.46. The molecule has 1 saturated carbocycles. The highest BCUT2D eigenvalue weighted by Gasteiger charge is 2.64. The molecule has 0 bridgehead atoms. The SMILES string of the molecule is Cc1ccccc1OCC(=O)NC1CC(=O)C([C@H](O)[C@@H](N)CC(C)C)[C@@](C(=O)NCC(C)C)(C(C)C)C1=O. The predicted molar refractivity (Wildman–Crippen MR) is 145 cm³/mol. The van der Waals surface area contributed by atoms with Gasteiger partial charge in [-0.3, -0.25) is 19.2 Å². The number of ether oxygens (including phenoxy) is 1. The number of aliphatic hydroxyl groups is 1. The number of ketones is 2. The molecule has 0 aliphatic heterocycles. The van der Waals surface area contributed by atoms with Crippen molar-refractivity contribution in [3.63, 3.8) is 0 Å². The molecule has 9 nitrogen and oxygen atoms in total. The molecule has 0 heterocycles. The van der Waals surface area contributed by atoms with Crippen molar-refractivity contribution in [2.75, 3.05) is 13.2 Å². The summed E-state index contributed by atoms with van der Waals surface area (Å²) in [5.41, 5.74) is 5.24. The first-order valence-electron chi connectivity index (χ1n) is 13.5. The molecular formula is C29H45N3O6. The second kappa shape index (κ2) is 13.3. The molecule has 5 N–H and O–H groups in total. The Morgan fingerprint density at radius 3 is 2.29 bits per heavy atom. The minimum atomic E-state index is -1.90. The second-order valence-electron chi connectivity index (χ2n) is 11.6. The van der Waals surface area contributed by atoms with Crippen LogP contribution in [0.2, 0.25) is 0 Å². The quantitative estimate of drug-likeness (QED) is 0.302. The van der Waals surface area contributed by atoms with E-state index in [0.29, 0.717) is 12.2 Å². The van der Waals surface area contributed by atoms with Crippen LogP contribution in [0.4, 0.5) is 0 Å². The number of carbonyl (C=O) groups excluding carboxylic acids is 4. The second-order valence-corrected chi connectivity index (χ2v) is 11.6. The van der Waals surface area contributed by atoms with Crippen LogP contribution in [0.5, 0.6) is 5.75 Å². The van der Waals surface area contributed by atoms with Crippen LogP contribution >= 0.6 is 0 Å². The van der Waals surface area contributed by atoms with Crippen molar-refractivity contribution in [3.8, 4) is 5.75 Å². The number of benzene rings is 1. The summed E-state index contributed by atoms with van der Waals surface area (Å²) in [4.78, 5) is 54.3. The first-order valence-corrected chi connectivity index (χ1v) is 13.5. The summed E-state index contributed by atoms with van der Waals surface area (Å²) in [6, 6.07) is 5.17. The molecular weight excluding hydrogens is 486 g/mol. The molecule has 1 aliphatic rings. The Balaban J connectivity index is 2.41. The van der Waals surface area contributed by atoms with Crippen LogP contribution in [0.3, 0.4) is 0 Å². The van der Waals surface area contributed by atoms with E-state index in [1.165, 1.54) is 0 Å². The van der Waals surface area contributed by atoms with Gasteiger partial charge in [0.05, 0.1) is 18.1 Å². The van der Waals surface area contributed by atoms with E-state index in [1.54, 1.807) is 26.0 Å². The fourth-order valence-corrected chi connectivity index (χ4v) is 5.32. The van der Waals surface area contributed by atoms with E-state index in [0.717, 1.165) is 5.56 Å². The Morgan fingerprint density at radius 1 is 1.11 bits per heavy atom. The molecule has 0 spiro atoms. The van der Waals surface area contributed by atoms with Gasteiger partial charge in [-0.05, 0) is 42.7 Å². The van der Waals surface area contributed by atoms with E-state index in [9.17, 15) is 24.3 Å². The normalized spacial score (nSPS) is 23.5. The first kappa shape index (κ1) is 31.4. The molecule has 38 heavy (non-hydrogen) atoms. The largest absolute Gasteiger partial charge is 0.484 e. The highest BCUT2D eigenvalue weighted by atomic mass is 16.5. The van der Waals surface area contributed by atoms with Gasteiger partial charge in [-0.1, -0.05) is 59.7 Å². The number of aryl methyl sites for hydroxylation is 1. The number of nitrogens with one attached hydrogen (secondary N) is 2. The average Bonchev–Trinajstić information content (AvgIpc) is 2.82. The summed E-state index contributed by atoms with van der Waals surface area (Å²) in [6.07, 6.45) is -1.32. The number of carbonyl (C=O) groups is 4. The monoisotopic (exact) mass is 531 g/mol. The van der Waals surface area contributed by atoms with Gasteiger partial charge in [0, 0.05) is 19.0 Å². The van der Waals surface area contributed by atoms with Crippen LogP contribution < -0.4 is 21.1 Å². The van der Waals surface area contributed by atoms with Crippen molar-refractivity contribution in [1.82, 2.24) is 10.6 Å². The van der Waals surface area contributed by atoms with E-state index in [4.69, 9.17) is 10.5 Å². The number of hydrogen-bond acceptors (Lipinski definition) is 7. The lowest BCUT2D eigenvalue weighted by Gasteiger charge is -2.48. The average molecular weight is 532 g/mol. The van der Waals surface area contributed by atoms with E-state index in [2.05, 4.69) is 10.6 Å².